The molecule has 1 fully saturated rings. The molecule has 13 heavy (non-hydrogen) atoms. The van der Waals surface area contributed by atoms with Gasteiger partial charge in [0.05, 0.1) is 6.10 Å². The Labute approximate surface area is 78.8 Å². The van der Waals surface area contributed by atoms with E-state index in [9.17, 15) is 4.79 Å². The normalized spacial score (nSPS) is 21.0. The van der Waals surface area contributed by atoms with Gasteiger partial charge in [0, 0.05) is 0 Å². The second-order valence-electron chi connectivity index (χ2n) is 3.55. The molecule has 76 valence electrons. The van der Waals surface area contributed by atoms with Crippen molar-refractivity contribution in [2.24, 2.45) is 5.73 Å². The topological polar surface area (TPSA) is 64.3 Å². The Balaban J connectivity index is 2.18. The van der Waals surface area contributed by atoms with E-state index in [4.69, 9.17) is 10.5 Å². The van der Waals surface area contributed by atoms with E-state index in [1.165, 1.54) is 19.3 Å². The fourth-order valence-electron chi connectivity index (χ4n) is 1.72. The zero-order chi connectivity index (χ0) is 9.68. The summed E-state index contributed by atoms with van der Waals surface area (Å²) < 4.78 is 5.59. The summed E-state index contributed by atoms with van der Waals surface area (Å²) in [6.07, 6.45) is 6.01. The number of hydrogen-bond donors (Lipinski definition) is 2. The molecule has 0 bridgehead atoms. The highest BCUT2D eigenvalue weighted by Gasteiger charge is 2.16. The summed E-state index contributed by atoms with van der Waals surface area (Å²) in [5.74, 6) is 0. The average molecular weight is 186 g/mol. The lowest BCUT2D eigenvalue weighted by atomic mass is 9.98. The molecule has 0 aromatic rings. The van der Waals surface area contributed by atoms with E-state index in [0.717, 1.165) is 12.8 Å². The fourth-order valence-corrected chi connectivity index (χ4v) is 1.72. The van der Waals surface area contributed by atoms with Gasteiger partial charge >= 0.3 is 6.03 Å². The number of rotatable bonds is 3. The Morgan fingerprint density at radius 1 is 1.46 bits per heavy atom. The second-order valence-corrected chi connectivity index (χ2v) is 3.55. The summed E-state index contributed by atoms with van der Waals surface area (Å²) >= 11 is 0. The SMILES string of the molecule is CC(NC(N)=O)OC1CCCCC1. The van der Waals surface area contributed by atoms with Gasteiger partial charge in [0.1, 0.15) is 6.23 Å². The van der Waals surface area contributed by atoms with E-state index >= 15 is 0 Å². The van der Waals surface area contributed by atoms with Gasteiger partial charge in [-0.15, -0.1) is 0 Å². The van der Waals surface area contributed by atoms with Crippen LogP contribution < -0.4 is 11.1 Å². The summed E-state index contributed by atoms with van der Waals surface area (Å²) in [4.78, 5) is 10.5. The maximum absolute atomic E-state index is 10.5. The first-order valence-corrected chi connectivity index (χ1v) is 4.90. The van der Waals surface area contributed by atoms with Gasteiger partial charge < -0.3 is 15.8 Å². The first-order chi connectivity index (χ1) is 6.18. The lowest BCUT2D eigenvalue weighted by molar-refractivity contribution is -0.0299. The van der Waals surface area contributed by atoms with Gasteiger partial charge in [-0.2, -0.15) is 0 Å². The van der Waals surface area contributed by atoms with Crippen LogP contribution in [0.1, 0.15) is 39.0 Å². The van der Waals surface area contributed by atoms with Crippen molar-refractivity contribution in [3.05, 3.63) is 0 Å². The van der Waals surface area contributed by atoms with Crippen molar-refractivity contribution < 1.29 is 9.53 Å². The Kier molecular flexibility index (Phi) is 4.02. The molecule has 0 spiro atoms. The lowest BCUT2D eigenvalue weighted by Gasteiger charge is -2.25. The van der Waals surface area contributed by atoms with Gasteiger partial charge in [-0.25, -0.2) is 4.79 Å². The van der Waals surface area contributed by atoms with Crippen molar-refractivity contribution in [1.29, 1.82) is 0 Å². The van der Waals surface area contributed by atoms with Crippen LogP contribution in [0.5, 0.6) is 0 Å². The summed E-state index contributed by atoms with van der Waals surface area (Å²) in [5.41, 5.74) is 4.97. The second kappa shape index (κ2) is 5.07. The number of carbonyl (C=O) groups excluding carboxylic acids is 1. The van der Waals surface area contributed by atoms with Crippen molar-refractivity contribution in [1.82, 2.24) is 5.32 Å². The van der Waals surface area contributed by atoms with Crippen molar-refractivity contribution in [2.45, 2.75) is 51.4 Å². The molecular weight excluding hydrogens is 168 g/mol. The van der Waals surface area contributed by atoms with Crippen LogP contribution in [-0.4, -0.2) is 18.4 Å². The molecule has 4 heteroatoms. The van der Waals surface area contributed by atoms with Gasteiger partial charge in [-0.3, -0.25) is 0 Å². The van der Waals surface area contributed by atoms with Crippen molar-refractivity contribution in [2.75, 3.05) is 0 Å². The monoisotopic (exact) mass is 186 g/mol. The highest BCUT2D eigenvalue weighted by molar-refractivity contribution is 5.71. The minimum absolute atomic E-state index is 0.263. The number of nitrogens with two attached hydrogens (primary N) is 1. The van der Waals surface area contributed by atoms with Gasteiger partial charge in [0.15, 0.2) is 0 Å². The van der Waals surface area contributed by atoms with Crippen LogP contribution in [0, 0.1) is 0 Å². The average Bonchev–Trinajstić information content (AvgIpc) is 2.04. The van der Waals surface area contributed by atoms with Crippen molar-refractivity contribution >= 4 is 6.03 Å². The lowest BCUT2D eigenvalue weighted by Crippen LogP contribution is -2.40. The fraction of sp³-hybridized carbons (Fsp3) is 0.889. The molecule has 0 aromatic heterocycles. The van der Waals surface area contributed by atoms with Gasteiger partial charge in [-0.05, 0) is 19.8 Å². The van der Waals surface area contributed by atoms with Crippen molar-refractivity contribution in [3.63, 3.8) is 0 Å². The predicted octanol–water partition coefficient (Wildman–Crippen LogP) is 1.35. The van der Waals surface area contributed by atoms with Crippen LogP contribution in [0.25, 0.3) is 0 Å². The molecule has 4 nitrogen and oxygen atoms in total. The Bertz CT molecular complexity index is 167. The van der Waals surface area contributed by atoms with E-state index in [1.54, 1.807) is 6.92 Å². The van der Waals surface area contributed by atoms with E-state index in [1.807, 2.05) is 0 Å². The molecule has 1 aliphatic carbocycles. The van der Waals surface area contributed by atoms with E-state index < -0.39 is 6.03 Å². The van der Waals surface area contributed by atoms with Crippen LogP contribution in [0.15, 0.2) is 0 Å². The number of urea groups is 1. The number of primary amides is 1. The molecule has 1 unspecified atom stereocenters. The molecule has 0 radical (unpaired) electrons. The minimum Gasteiger partial charge on any atom is -0.356 e. The molecule has 0 aliphatic heterocycles. The summed E-state index contributed by atoms with van der Waals surface area (Å²) in [5, 5.41) is 2.51. The third-order valence-corrected chi connectivity index (χ3v) is 2.29. The highest BCUT2D eigenvalue weighted by Crippen LogP contribution is 2.20. The predicted molar refractivity (Wildman–Crippen MR) is 50.1 cm³/mol. The Morgan fingerprint density at radius 2 is 2.08 bits per heavy atom. The number of hydrogen-bond acceptors (Lipinski definition) is 2. The molecule has 1 atom stereocenters. The standard InChI is InChI=1S/C9H18N2O2/c1-7(11-9(10)12)13-8-5-3-2-4-6-8/h7-8H,2-6H2,1H3,(H3,10,11,12). The number of amides is 2. The zero-order valence-corrected chi connectivity index (χ0v) is 8.08. The first kappa shape index (κ1) is 10.3. The summed E-state index contributed by atoms with van der Waals surface area (Å²) in [6, 6.07) is -0.525. The highest BCUT2D eigenvalue weighted by atomic mass is 16.5. The van der Waals surface area contributed by atoms with Crippen LogP contribution in [-0.2, 0) is 4.74 Å². The largest absolute Gasteiger partial charge is 0.356 e. The molecule has 1 aliphatic rings. The van der Waals surface area contributed by atoms with Crippen molar-refractivity contribution in [3.8, 4) is 0 Å². The molecular formula is C9H18N2O2. The molecule has 0 saturated heterocycles. The number of carbonyl (C=O) groups is 1. The summed E-state index contributed by atoms with van der Waals surface area (Å²) in [6.45, 7) is 1.80. The minimum atomic E-state index is -0.525. The number of nitrogens with one attached hydrogen (secondary N) is 1. The molecule has 1 saturated carbocycles. The van der Waals surface area contributed by atoms with Gasteiger partial charge in [0.25, 0.3) is 0 Å². The molecule has 2 amide bonds. The zero-order valence-electron chi connectivity index (χ0n) is 8.08. The third-order valence-electron chi connectivity index (χ3n) is 2.29. The molecule has 3 N–H and O–H groups in total. The van der Waals surface area contributed by atoms with Crippen LogP contribution in [0.3, 0.4) is 0 Å². The molecule has 0 aromatic carbocycles. The Hall–Kier alpha value is -0.770. The van der Waals surface area contributed by atoms with Gasteiger partial charge in [0.2, 0.25) is 0 Å². The van der Waals surface area contributed by atoms with E-state index in [2.05, 4.69) is 5.32 Å². The van der Waals surface area contributed by atoms with Gasteiger partial charge in [-0.1, -0.05) is 19.3 Å². The van der Waals surface area contributed by atoms with E-state index in [0.29, 0.717) is 6.10 Å². The molecule has 1 rings (SSSR count). The van der Waals surface area contributed by atoms with Crippen LogP contribution >= 0.6 is 0 Å². The summed E-state index contributed by atoms with van der Waals surface area (Å²) in [7, 11) is 0. The maximum atomic E-state index is 10.5. The van der Waals surface area contributed by atoms with Crippen LogP contribution in [0.4, 0.5) is 4.79 Å². The molecule has 0 heterocycles. The first-order valence-electron chi connectivity index (χ1n) is 4.90. The quantitative estimate of drug-likeness (QED) is 0.653. The van der Waals surface area contributed by atoms with Crippen LogP contribution in [0.2, 0.25) is 0 Å². The third kappa shape index (κ3) is 4.12. The maximum Gasteiger partial charge on any atom is 0.314 e. The number of ether oxygens (including phenoxy) is 1. The van der Waals surface area contributed by atoms with E-state index in [-0.39, 0.29) is 6.23 Å². The smallest absolute Gasteiger partial charge is 0.314 e. The Morgan fingerprint density at radius 3 is 2.62 bits per heavy atom.